The van der Waals surface area contributed by atoms with E-state index in [9.17, 15) is 4.79 Å². The molecular formula is C13H17N3O2. The van der Waals surface area contributed by atoms with E-state index in [1.54, 1.807) is 0 Å². The van der Waals surface area contributed by atoms with Gasteiger partial charge in [-0.15, -0.1) is 0 Å². The van der Waals surface area contributed by atoms with Crippen molar-refractivity contribution < 1.29 is 9.90 Å². The fraction of sp³-hybridized carbons (Fsp3) is 0.462. The van der Waals surface area contributed by atoms with Gasteiger partial charge in [0.2, 0.25) is 0 Å². The average molecular weight is 247 g/mol. The van der Waals surface area contributed by atoms with Crippen LogP contribution in [0.1, 0.15) is 32.0 Å². The Morgan fingerprint density at radius 3 is 2.61 bits per heavy atom. The molecule has 0 aromatic carbocycles. The summed E-state index contributed by atoms with van der Waals surface area (Å²) in [6.07, 6.45) is 3.35. The van der Waals surface area contributed by atoms with Crippen LogP contribution >= 0.6 is 0 Å². The first-order chi connectivity index (χ1) is 8.30. The molecule has 0 atom stereocenters. The molecule has 1 N–H and O–H groups in total. The number of aliphatic carboxylic acids is 1. The Labute approximate surface area is 105 Å². The third kappa shape index (κ3) is 2.08. The largest absolute Gasteiger partial charge is 0.481 e. The second kappa shape index (κ2) is 4.08. The summed E-state index contributed by atoms with van der Waals surface area (Å²) in [4.78, 5) is 19.5. The van der Waals surface area contributed by atoms with Crippen LogP contribution in [-0.4, -0.2) is 25.6 Å². The maximum absolute atomic E-state index is 10.9. The third-order valence-electron chi connectivity index (χ3n) is 2.88. The van der Waals surface area contributed by atoms with E-state index in [0.717, 1.165) is 22.3 Å². The Bertz CT molecular complexity index is 608. The lowest BCUT2D eigenvalue weighted by atomic mass is 9.89. The number of fused-ring (bicyclic) bond motifs is 1. The zero-order chi connectivity index (χ0) is 13.5. The Morgan fingerprint density at radius 2 is 2.06 bits per heavy atom. The number of carbonyl (C=O) groups is 1. The summed E-state index contributed by atoms with van der Waals surface area (Å²) in [7, 11) is 1.87. The molecule has 2 rings (SSSR count). The summed E-state index contributed by atoms with van der Waals surface area (Å²) in [5.74, 6) is -0.841. The minimum Gasteiger partial charge on any atom is -0.481 e. The first-order valence-corrected chi connectivity index (χ1v) is 5.82. The maximum atomic E-state index is 10.9. The zero-order valence-corrected chi connectivity index (χ0v) is 11.1. The molecule has 0 radical (unpaired) electrons. The van der Waals surface area contributed by atoms with Crippen molar-refractivity contribution in [2.24, 2.45) is 7.05 Å². The fourth-order valence-corrected chi connectivity index (χ4v) is 2.16. The van der Waals surface area contributed by atoms with Gasteiger partial charge in [-0.2, -0.15) is 0 Å². The van der Waals surface area contributed by atoms with E-state index >= 15 is 0 Å². The molecule has 0 bridgehead atoms. The molecule has 5 nitrogen and oxygen atoms in total. The van der Waals surface area contributed by atoms with Crippen LogP contribution in [0.25, 0.3) is 11.0 Å². The van der Waals surface area contributed by atoms with Gasteiger partial charge in [-0.1, -0.05) is 20.8 Å². The summed E-state index contributed by atoms with van der Waals surface area (Å²) in [6.45, 7) is 6.19. The number of carboxylic acids is 1. The normalized spacial score (nSPS) is 12.0. The summed E-state index contributed by atoms with van der Waals surface area (Å²) in [5.41, 5.74) is 2.30. The van der Waals surface area contributed by atoms with Crippen LogP contribution in [0, 0.1) is 0 Å². The highest BCUT2D eigenvalue weighted by molar-refractivity contribution is 5.87. The van der Waals surface area contributed by atoms with Crippen LogP contribution in [0.4, 0.5) is 0 Å². The fourth-order valence-electron chi connectivity index (χ4n) is 2.16. The topological polar surface area (TPSA) is 68.0 Å². The van der Waals surface area contributed by atoms with Crippen molar-refractivity contribution in [2.45, 2.75) is 32.6 Å². The van der Waals surface area contributed by atoms with E-state index in [2.05, 4.69) is 30.7 Å². The minimum atomic E-state index is -0.841. The molecule has 0 saturated carbocycles. The Balaban J connectivity index is 2.76. The van der Waals surface area contributed by atoms with Gasteiger partial charge in [-0.25, -0.2) is 9.97 Å². The first-order valence-electron chi connectivity index (χ1n) is 5.82. The second-order valence-corrected chi connectivity index (χ2v) is 5.51. The zero-order valence-electron chi connectivity index (χ0n) is 11.1. The second-order valence-electron chi connectivity index (χ2n) is 5.51. The molecule has 2 aromatic rings. The lowest BCUT2D eigenvalue weighted by Gasteiger charge is -2.18. The van der Waals surface area contributed by atoms with Gasteiger partial charge in [0, 0.05) is 24.0 Å². The van der Waals surface area contributed by atoms with Crippen LogP contribution in [0.5, 0.6) is 0 Å². The standard InChI is InChI=1S/C13H17N3O2/c1-13(2,3)11-10-8(5-9(17)18)6-16(4)12(10)15-7-14-11/h6-7H,5H2,1-4H3,(H,17,18). The van der Waals surface area contributed by atoms with Crippen LogP contribution < -0.4 is 0 Å². The van der Waals surface area contributed by atoms with Gasteiger partial charge in [0.05, 0.1) is 12.1 Å². The summed E-state index contributed by atoms with van der Waals surface area (Å²) in [5, 5.41) is 9.85. The molecule has 0 aliphatic rings. The molecule has 96 valence electrons. The molecule has 0 fully saturated rings. The average Bonchev–Trinajstić information content (AvgIpc) is 2.54. The summed E-state index contributed by atoms with van der Waals surface area (Å²) in [6, 6.07) is 0. The SMILES string of the molecule is Cn1cc(CC(=O)O)c2c(C(C)(C)C)ncnc21. The van der Waals surface area contributed by atoms with E-state index in [0.29, 0.717) is 0 Å². The monoisotopic (exact) mass is 247 g/mol. The van der Waals surface area contributed by atoms with Crippen molar-refractivity contribution in [1.29, 1.82) is 0 Å². The lowest BCUT2D eigenvalue weighted by molar-refractivity contribution is -0.136. The first kappa shape index (κ1) is 12.5. The molecule has 2 heterocycles. The van der Waals surface area contributed by atoms with E-state index in [1.807, 2.05) is 17.8 Å². The molecule has 0 amide bonds. The molecule has 0 aliphatic carbocycles. The number of aromatic nitrogens is 3. The predicted octanol–water partition coefficient (Wildman–Crippen LogP) is 1.89. The van der Waals surface area contributed by atoms with Crippen LogP contribution in [0.3, 0.4) is 0 Å². The van der Waals surface area contributed by atoms with Gasteiger partial charge in [-0.05, 0) is 5.56 Å². The molecule has 0 aliphatic heterocycles. The molecule has 5 heteroatoms. The van der Waals surface area contributed by atoms with Gasteiger partial charge in [0.25, 0.3) is 0 Å². The van der Waals surface area contributed by atoms with E-state index in [1.165, 1.54) is 6.33 Å². The Kier molecular flexibility index (Phi) is 2.84. The van der Waals surface area contributed by atoms with Crippen molar-refractivity contribution in [3.05, 3.63) is 23.8 Å². The van der Waals surface area contributed by atoms with Gasteiger partial charge in [-0.3, -0.25) is 4.79 Å². The summed E-state index contributed by atoms with van der Waals surface area (Å²) >= 11 is 0. The highest BCUT2D eigenvalue weighted by Gasteiger charge is 2.23. The smallest absolute Gasteiger partial charge is 0.307 e. The van der Waals surface area contributed by atoms with Crippen molar-refractivity contribution in [1.82, 2.24) is 14.5 Å². The Hall–Kier alpha value is -1.91. The quantitative estimate of drug-likeness (QED) is 0.880. The number of aryl methyl sites for hydroxylation is 1. The van der Waals surface area contributed by atoms with E-state index in [4.69, 9.17) is 5.11 Å². The molecule has 0 unspecified atom stereocenters. The van der Waals surface area contributed by atoms with Gasteiger partial charge < -0.3 is 9.67 Å². The van der Waals surface area contributed by atoms with Crippen molar-refractivity contribution >= 4 is 17.0 Å². The van der Waals surface area contributed by atoms with Crippen molar-refractivity contribution in [2.75, 3.05) is 0 Å². The predicted molar refractivity (Wildman–Crippen MR) is 68.5 cm³/mol. The van der Waals surface area contributed by atoms with Crippen molar-refractivity contribution in [3.63, 3.8) is 0 Å². The third-order valence-corrected chi connectivity index (χ3v) is 2.88. The molecule has 18 heavy (non-hydrogen) atoms. The molecule has 0 saturated heterocycles. The van der Waals surface area contributed by atoms with Gasteiger partial charge in [0.15, 0.2) is 0 Å². The summed E-state index contributed by atoms with van der Waals surface area (Å²) < 4.78 is 1.85. The van der Waals surface area contributed by atoms with Crippen LogP contribution in [-0.2, 0) is 23.7 Å². The maximum Gasteiger partial charge on any atom is 0.307 e. The number of hydrogen-bond donors (Lipinski definition) is 1. The van der Waals surface area contributed by atoms with Gasteiger partial charge >= 0.3 is 5.97 Å². The van der Waals surface area contributed by atoms with Crippen molar-refractivity contribution in [3.8, 4) is 0 Å². The molecule has 0 spiro atoms. The van der Waals surface area contributed by atoms with Crippen LogP contribution in [0.2, 0.25) is 0 Å². The number of rotatable bonds is 2. The lowest BCUT2D eigenvalue weighted by Crippen LogP contribution is -2.15. The molecule has 2 aromatic heterocycles. The number of nitrogens with zero attached hydrogens (tertiary/aromatic N) is 3. The van der Waals surface area contributed by atoms with E-state index < -0.39 is 5.97 Å². The molecular weight excluding hydrogens is 230 g/mol. The van der Waals surface area contributed by atoms with Gasteiger partial charge in [0.1, 0.15) is 12.0 Å². The van der Waals surface area contributed by atoms with Crippen LogP contribution in [0.15, 0.2) is 12.5 Å². The van der Waals surface area contributed by atoms with E-state index in [-0.39, 0.29) is 11.8 Å². The Morgan fingerprint density at radius 1 is 1.39 bits per heavy atom. The minimum absolute atomic E-state index is 0.00616. The number of hydrogen-bond acceptors (Lipinski definition) is 3. The highest BCUT2D eigenvalue weighted by atomic mass is 16.4. The highest BCUT2D eigenvalue weighted by Crippen LogP contribution is 2.30. The number of carboxylic acid groups (broad SMARTS) is 1.